The molecule has 2 nitrogen and oxygen atoms in total. The third-order valence-corrected chi connectivity index (χ3v) is 14.6. The molecule has 3 heterocycles. The summed E-state index contributed by atoms with van der Waals surface area (Å²) in [6.07, 6.45) is 0. The molecule has 28 heavy (non-hydrogen) atoms. The molecule has 3 rings (SSSR count). The van der Waals surface area contributed by atoms with Crippen molar-refractivity contribution in [2.45, 2.75) is 38.2 Å². The number of methoxy groups -OCH3 is 1. The summed E-state index contributed by atoms with van der Waals surface area (Å²) in [6, 6.07) is 0. The van der Waals surface area contributed by atoms with Crippen molar-refractivity contribution in [3.63, 3.8) is 0 Å². The minimum Gasteiger partial charge on any atom is -0.465 e. The van der Waals surface area contributed by atoms with Crippen LogP contribution in [0.1, 0.15) is 27.7 Å². The number of carbonyl (C=O) groups is 1. The Bertz CT molecular complexity index is 986. The van der Waals surface area contributed by atoms with Crippen LogP contribution in [-0.2, 0) is 9.53 Å². The van der Waals surface area contributed by atoms with Gasteiger partial charge in [-0.3, -0.25) is 0 Å². The lowest BCUT2D eigenvalue weighted by atomic mass is 10.6. The summed E-state index contributed by atoms with van der Waals surface area (Å²) in [6.45, 7) is 8.96. The van der Waals surface area contributed by atoms with E-state index in [1.807, 2.05) is 52.5 Å². The molecule has 152 valence electrons. The lowest BCUT2D eigenvalue weighted by Gasteiger charge is -2.08. The summed E-state index contributed by atoms with van der Waals surface area (Å²) in [4.78, 5) is 12.4. The molecule has 0 unspecified atom stereocenters. The van der Waals surface area contributed by atoms with Crippen LogP contribution in [0.15, 0.2) is 18.8 Å². The van der Waals surface area contributed by atoms with Crippen LogP contribution in [0.25, 0.3) is 8.47 Å². The normalized spacial score (nSPS) is 19.2. The fourth-order valence-corrected chi connectivity index (χ4v) is 14.0. The first-order valence-electron chi connectivity index (χ1n) is 8.23. The lowest BCUT2D eigenvalue weighted by molar-refractivity contribution is -0.135. The SMILES string of the molecule is COC(=O)C1=CS/C(=c2/sc(=C3SC(SC(C)C)=C(SC(C)C)S3)sc2=S)S1. The Kier molecular flexibility index (Phi) is 8.97. The standard InChI is InChI=1S/C17H18O2S9/c1-7(2)22-14-15(23-8(3)4)28-17(27-14)16-25-10(12(20)26-16)13-21-6-9(24-13)11(18)19-5/h6-8H,1-5H3/b13-10-. The molecular formula is C17H18O2S9. The van der Waals surface area contributed by atoms with Crippen molar-refractivity contribution < 1.29 is 9.53 Å². The highest BCUT2D eigenvalue weighted by Gasteiger charge is 2.26. The molecule has 0 atom stereocenters. The molecule has 0 aromatic carbocycles. The summed E-state index contributed by atoms with van der Waals surface area (Å²) in [5, 5.41) is 2.98. The Morgan fingerprint density at radius 3 is 2.14 bits per heavy atom. The number of rotatable bonds is 5. The zero-order valence-electron chi connectivity index (χ0n) is 15.7. The summed E-state index contributed by atoms with van der Waals surface area (Å²) in [5.41, 5.74) is 0. The van der Waals surface area contributed by atoms with Gasteiger partial charge in [-0.15, -0.1) is 46.2 Å². The van der Waals surface area contributed by atoms with Crippen molar-refractivity contribution in [1.82, 2.24) is 0 Å². The highest BCUT2D eigenvalue weighted by molar-refractivity contribution is 8.46. The van der Waals surface area contributed by atoms with Crippen LogP contribution in [0.4, 0.5) is 0 Å². The van der Waals surface area contributed by atoms with Crippen LogP contribution >= 0.6 is 105 Å². The predicted octanol–water partition coefficient (Wildman–Crippen LogP) is 7.05. The van der Waals surface area contributed by atoms with Crippen LogP contribution < -0.4 is 8.38 Å². The smallest absolute Gasteiger partial charge is 0.345 e. The average Bonchev–Trinajstić information content (AvgIpc) is 3.32. The van der Waals surface area contributed by atoms with Crippen molar-refractivity contribution in [2.75, 3.05) is 7.11 Å². The van der Waals surface area contributed by atoms with Crippen LogP contribution in [0.5, 0.6) is 0 Å². The molecule has 1 aromatic rings. The van der Waals surface area contributed by atoms with Crippen molar-refractivity contribution in [2.24, 2.45) is 0 Å². The molecule has 11 heteroatoms. The third-order valence-electron chi connectivity index (χ3n) is 3.00. The fraction of sp³-hybridized carbons (Fsp3) is 0.412. The second kappa shape index (κ2) is 10.6. The van der Waals surface area contributed by atoms with Gasteiger partial charge in [0.25, 0.3) is 0 Å². The molecule has 0 aliphatic carbocycles. The maximum absolute atomic E-state index is 11.8. The monoisotopic (exact) mass is 542 g/mol. The molecule has 0 radical (unpaired) electrons. The molecule has 0 fully saturated rings. The molecule has 0 amide bonds. The van der Waals surface area contributed by atoms with Gasteiger partial charge in [-0.2, -0.15) is 0 Å². The molecule has 0 bridgehead atoms. The number of ether oxygens (including phenoxy) is 1. The van der Waals surface area contributed by atoms with E-state index in [0.29, 0.717) is 15.4 Å². The van der Waals surface area contributed by atoms with Gasteiger partial charge in [-0.05, 0) is 5.41 Å². The Labute approximate surface area is 203 Å². The molecule has 0 spiro atoms. The Balaban J connectivity index is 1.93. The third kappa shape index (κ3) is 5.85. The number of carbonyl (C=O) groups excluding carboxylic acids is 1. The van der Waals surface area contributed by atoms with Gasteiger partial charge < -0.3 is 4.74 Å². The molecular weight excluding hydrogens is 525 g/mol. The predicted molar refractivity (Wildman–Crippen MR) is 142 cm³/mol. The molecule has 2 aliphatic heterocycles. The lowest BCUT2D eigenvalue weighted by Crippen LogP contribution is -2.00. The van der Waals surface area contributed by atoms with E-state index >= 15 is 0 Å². The first kappa shape index (κ1) is 23.7. The van der Waals surface area contributed by atoms with E-state index in [4.69, 9.17) is 17.0 Å². The summed E-state index contributed by atoms with van der Waals surface area (Å²) in [5.74, 6) is -0.287. The van der Waals surface area contributed by atoms with Crippen molar-refractivity contribution in [3.05, 3.63) is 31.0 Å². The summed E-state index contributed by atoms with van der Waals surface area (Å²) < 4.78 is 13.3. The fourth-order valence-electron chi connectivity index (χ4n) is 1.97. The van der Waals surface area contributed by atoms with Gasteiger partial charge >= 0.3 is 5.97 Å². The maximum Gasteiger partial charge on any atom is 0.345 e. The van der Waals surface area contributed by atoms with Gasteiger partial charge in [0.1, 0.15) is 12.6 Å². The summed E-state index contributed by atoms with van der Waals surface area (Å²) >= 11 is 19.8. The highest BCUT2D eigenvalue weighted by atomic mass is 32.3. The van der Waals surface area contributed by atoms with E-state index < -0.39 is 0 Å². The van der Waals surface area contributed by atoms with E-state index in [1.54, 1.807) is 34.4 Å². The molecule has 2 aliphatic rings. The van der Waals surface area contributed by atoms with Crippen LogP contribution in [0.3, 0.4) is 0 Å². The number of hydrogen-bond acceptors (Lipinski definition) is 11. The second-order valence-electron chi connectivity index (χ2n) is 5.99. The van der Waals surface area contributed by atoms with Crippen molar-refractivity contribution in [3.8, 4) is 0 Å². The first-order chi connectivity index (χ1) is 13.3. The highest BCUT2D eigenvalue weighted by Crippen LogP contribution is 2.59. The van der Waals surface area contributed by atoms with Crippen LogP contribution in [0, 0.1) is 3.82 Å². The largest absolute Gasteiger partial charge is 0.465 e. The van der Waals surface area contributed by atoms with E-state index in [9.17, 15) is 4.79 Å². The van der Waals surface area contributed by atoms with E-state index in [2.05, 4.69) is 27.7 Å². The maximum atomic E-state index is 11.8. The van der Waals surface area contributed by atoms with Crippen molar-refractivity contribution >= 4 is 120 Å². The van der Waals surface area contributed by atoms with Gasteiger partial charge in [-0.25, -0.2) is 4.79 Å². The van der Waals surface area contributed by atoms with Gasteiger partial charge in [0.15, 0.2) is 0 Å². The number of esters is 1. The van der Waals surface area contributed by atoms with Crippen LogP contribution in [-0.4, -0.2) is 23.6 Å². The molecule has 0 N–H and O–H groups in total. The van der Waals surface area contributed by atoms with Gasteiger partial charge in [0.05, 0.1) is 28.6 Å². The van der Waals surface area contributed by atoms with E-state index in [1.165, 1.54) is 35.4 Å². The second-order valence-corrected chi connectivity index (χ2v) is 17.1. The Hall–Kier alpha value is 1.06. The Morgan fingerprint density at radius 1 is 1.00 bits per heavy atom. The number of hydrogen-bond donors (Lipinski definition) is 0. The van der Waals surface area contributed by atoms with Gasteiger partial charge in [0.2, 0.25) is 0 Å². The average molecular weight is 543 g/mol. The molecule has 0 saturated carbocycles. The van der Waals surface area contributed by atoms with Crippen molar-refractivity contribution in [1.29, 1.82) is 0 Å². The van der Waals surface area contributed by atoms with Crippen LogP contribution in [0.2, 0.25) is 0 Å². The summed E-state index contributed by atoms with van der Waals surface area (Å²) in [7, 11) is 1.41. The quantitative estimate of drug-likeness (QED) is 0.286. The van der Waals surface area contributed by atoms with E-state index in [0.717, 1.165) is 12.6 Å². The zero-order valence-corrected chi connectivity index (χ0v) is 23.1. The minimum absolute atomic E-state index is 0.287. The minimum atomic E-state index is -0.287. The zero-order chi connectivity index (χ0) is 20.4. The Morgan fingerprint density at radius 2 is 1.61 bits per heavy atom. The molecule has 1 aromatic heterocycles. The van der Waals surface area contributed by atoms with Gasteiger partial charge in [-0.1, -0.05) is 87.0 Å². The first-order valence-corrected chi connectivity index (χ1v) is 15.4. The molecule has 0 saturated heterocycles. The van der Waals surface area contributed by atoms with Gasteiger partial charge in [0, 0.05) is 10.5 Å². The number of thioether (sulfide) groups is 6. The van der Waals surface area contributed by atoms with E-state index in [-0.39, 0.29) is 5.97 Å². The topological polar surface area (TPSA) is 26.3 Å².